The van der Waals surface area contributed by atoms with Gasteiger partial charge in [0.1, 0.15) is 0 Å². The maximum Gasteiger partial charge on any atom is 0.244 e. The molecule has 0 spiro atoms. The summed E-state index contributed by atoms with van der Waals surface area (Å²) >= 11 is 0. The molecule has 0 aromatic heterocycles. The van der Waals surface area contributed by atoms with Gasteiger partial charge in [-0.15, -0.1) is 0 Å². The Kier molecular flexibility index (Phi) is 6.46. The van der Waals surface area contributed by atoms with Crippen LogP contribution in [0.5, 0.6) is 0 Å². The minimum absolute atomic E-state index is 0.0284. The molecule has 0 saturated heterocycles. The van der Waals surface area contributed by atoms with Gasteiger partial charge in [0.05, 0.1) is 6.61 Å². The number of carbonyl (C=O) groups excluding carboxylic acids is 2. The van der Waals surface area contributed by atoms with E-state index in [2.05, 4.69) is 10.6 Å². The van der Waals surface area contributed by atoms with Crippen molar-refractivity contribution >= 4 is 23.6 Å². The van der Waals surface area contributed by atoms with Gasteiger partial charge in [0.2, 0.25) is 11.8 Å². The molecule has 0 aliphatic rings. The number of carbonyl (C=O) groups is 2. The topological polar surface area (TPSA) is 67.4 Å². The van der Waals surface area contributed by atoms with Gasteiger partial charge in [0, 0.05) is 31.8 Å². The van der Waals surface area contributed by atoms with Crippen LogP contribution in [0.15, 0.2) is 30.3 Å². The molecule has 5 nitrogen and oxygen atoms in total. The van der Waals surface area contributed by atoms with Crippen LogP contribution in [0.3, 0.4) is 0 Å². The fourth-order valence-corrected chi connectivity index (χ4v) is 1.64. The normalized spacial score (nSPS) is 12.2. The van der Waals surface area contributed by atoms with Crippen LogP contribution in [-0.4, -0.2) is 31.6 Å². The van der Waals surface area contributed by atoms with E-state index in [0.29, 0.717) is 6.61 Å². The summed E-state index contributed by atoms with van der Waals surface area (Å²) in [5, 5.41) is 5.46. The molecule has 2 N–H and O–H groups in total. The molecule has 0 aliphatic carbocycles. The number of nitrogens with one attached hydrogen (secondary N) is 2. The zero-order chi connectivity index (χ0) is 15.0. The smallest absolute Gasteiger partial charge is 0.244 e. The van der Waals surface area contributed by atoms with Gasteiger partial charge in [-0.05, 0) is 30.7 Å². The zero-order valence-electron chi connectivity index (χ0n) is 12.0. The molecule has 108 valence electrons. The summed E-state index contributed by atoms with van der Waals surface area (Å²) in [6.45, 7) is 3.81. The van der Waals surface area contributed by atoms with Crippen molar-refractivity contribution in [3.05, 3.63) is 35.9 Å². The fraction of sp³-hybridized carbons (Fsp3) is 0.333. The molecule has 1 rings (SSSR count). The molecule has 2 amide bonds. The summed E-state index contributed by atoms with van der Waals surface area (Å²) in [5.41, 5.74) is 1.61. The Hall–Kier alpha value is -2.14. The average Bonchev–Trinajstić information content (AvgIpc) is 2.37. The summed E-state index contributed by atoms with van der Waals surface area (Å²) in [6.07, 6.45) is 3.19. The molecular weight excluding hydrogens is 256 g/mol. The van der Waals surface area contributed by atoms with Crippen molar-refractivity contribution in [2.45, 2.75) is 19.9 Å². The maximum atomic E-state index is 11.6. The van der Waals surface area contributed by atoms with Crippen LogP contribution in [0.2, 0.25) is 0 Å². The van der Waals surface area contributed by atoms with Gasteiger partial charge in [-0.2, -0.15) is 0 Å². The first-order chi connectivity index (χ1) is 9.51. The lowest BCUT2D eigenvalue weighted by molar-refractivity contribution is -0.117. The Balaban J connectivity index is 2.53. The highest BCUT2D eigenvalue weighted by Crippen LogP contribution is 2.10. The van der Waals surface area contributed by atoms with Crippen molar-refractivity contribution in [1.82, 2.24) is 5.32 Å². The minimum Gasteiger partial charge on any atom is -0.383 e. The van der Waals surface area contributed by atoms with Gasteiger partial charge in [-0.25, -0.2) is 0 Å². The highest BCUT2D eigenvalue weighted by molar-refractivity contribution is 5.92. The maximum absolute atomic E-state index is 11.6. The van der Waals surface area contributed by atoms with E-state index < -0.39 is 0 Å². The quantitative estimate of drug-likeness (QED) is 0.779. The van der Waals surface area contributed by atoms with Gasteiger partial charge < -0.3 is 15.4 Å². The van der Waals surface area contributed by atoms with Crippen LogP contribution in [0.1, 0.15) is 19.4 Å². The zero-order valence-corrected chi connectivity index (χ0v) is 12.0. The lowest BCUT2D eigenvalue weighted by Gasteiger charge is -2.10. The van der Waals surface area contributed by atoms with Crippen LogP contribution in [-0.2, 0) is 14.3 Å². The predicted molar refractivity (Wildman–Crippen MR) is 79.3 cm³/mol. The molecule has 1 atom stereocenters. The third-order valence-corrected chi connectivity index (χ3v) is 2.46. The van der Waals surface area contributed by atoms with Crippen molar-refractivity contribution in [1.29, 1.82) is 0 Å². The van der Waals surface area contributed by atoms with Gasteiger partial charge in [-0.3, -0.25) is 9.59 Å². The van der Waals surface area contributed by atoms with Gasteiger partial charge in [0.15, 0.2) is 0 Å². The number of methoxy groups -OCH3 is 1. The summed E-state index contributed by atoms with van der Waals surface area (Å²) in [4.78, 5) is 22.5. The monoisotopic (exact) mass is 276 g/mol. The van der Waals surface area contributed by atoms with Crippen molar-refractivity contribution in [2.24, 2.45) is 0 Å². The molecule has 0 fully saturated rings. The van der Waals surface area contributed by atoms with Crippen molar-refractivity contribution in [2.75, 3.05) is 19.0 Å². The van der Waals surface area contributed by atoms with E-state index in [1.54, 1.807) is 25.3 Å². The van der Waals surface area contributed by atoms with Crippen molar-refractivity contribution in [3.8, 4) is 0 Å². The lowest BCUT2D eigenvalue weighted by Crippen LogP contribution is -2.34. The SMILES string of the molecule is COCC(C)NC(=O)/C=C/c1ccc(NC(C)=O)cc1. The van der Waals surface area contributed by atoms with Crippen LogP contribution in [0.4, 0.5) is 5.69 Å². The molecule has 20 heavy (non-hydrogen) atoms. The number of anilines is 1. The Morgan fingerprint density at radius 2 is 1.95 bits per heavy atom. The highest BCUT2D eigenvalue weighted by Gasteiger charge is 2.03. The lowest BCUT2D eigenvalue weighted by atomic mass is 10.2. The largest absolute Gasteiger partial charge is 0.383 e. The third kappa shape index (κ3) is 6.15. The third-order valence-electron chi connectivity index (χ3n) is 2.46. The van der Waals surface area contributed by atoms with E-state index in [4.69, 9.17) is 4.74 Å². The summed E-state index contributed by atoms with van der Waals surface area (Å²) in [6, 6.07) is 7.19. The minimum atomic E-state index is -0.166. The first kappa shape index (κ1) is 15.9. The predicted octanol–water partition coefficient (Wildman–Crippen LogP) is 1.81. The molecule has 1 aromatic carbocycles. The first-order valence-electron chi connectivity index (χ1n) is 6.36. The van der Waals surface area contributed by atoms with E-state index in [0.717, 1.165) is 11.3 Å². The molecule has 0 aliphatic heterocycles. The van der Waals surface area contributed by atoms with E-state index in [1.807, 2.05) is 19.1 Å². The number of ether oxygens (including phenoxy) is 1. The number of hydrogen-bond donors (Lipinski definition) is 2. The second-order valence-electron chi connectivity index (χ2n) is 4.50. The van der Waals surface area contributed by atoms with Crippen LogP contribution >= 0.6 is 0 Å². The molecular formula is C15H20N2O3. The number of rotatable bonds is 6. The van der Waals surface area contributed by atoms with Gasteiger partial charge in [0.25, 0.3) is 0 Å². The van der Waals surface area contributed by atoms with Crippen molar-refractivity contribution < 1.29 is 14.3 Å². The number of hydrogen-bond acceptors (Lipinski definition) is 3. The molecule has 0 radical (unpaired) electrons. The molecule has 0 saturated carbocycles. The Labute approximate surface area is 119 Å². The van der Waals surface area contributed by atoms with Crippen LogP contribution < -0.4 is 10.6 Å². The summed E-state index contributed by atoms with van der Waals surface area (Å²) in [5.74, 6) is -0.278. The molecule has 0 bridgehead atoms. The standard InChI is InChI=1S/C15H20N2O3/c1-11(10-20-3)16-15(19)9-6-13-4-7-14(8-5-13)17-12(2)18/h4-9,11H,10H2,1-3H3,(H,16,19)(H,17,18)/b9-6+. The highest BCUT2D eigenvalue weighted by atomic mass is 16.5. The van der Waals surface area contributed by atoms with Crippen molar-refractivity contribution in [3.63, 3.8) is 0 Å². The number of benzene rings is 1. The van der Waals surface area contributed by atoms with Gasteiger partial charge in [-0.1, -0.05) is 12.1 Å². The van der Waals surface area contributed by atoms with E-state index in [-0.39, 0.29) is 17.9 Å². The number of amides is 2. The average molecular weight is 276 g/mol. The van der Waals surface area contributed by atoms with E-state index in [9.17, 15) is 9.59 Å². The van der Waals surface area contributed by atoms with Crippen LogP contribution in [0, 0.1) is 0 Å². The summed E-state index contributed by atoms with van der Waals surface area (Å²) in [7, 11) is 1.59. The fourth-order valence-electron chi connectivity index (χ4n) is 1.64. The Morgan fingerprint density at radius 1 is 1.30 bits per heavy atom. The second-order valence-corrected chi connectivity index (χ2v) is 4.50. The van der Waals surface area contributed by atoms with Crippen LogP contribution in [0.25, 0.3) is 6.08 Å². The Bertz CT molecular complexity index is 480. The molecule has 5 heteroatoms. The van der Waals surface area contributed by atoms with E-state index >= 15 is 0 Å². The first-order valence-corrected chi connectivity index (χ1v) is 6.36. The Morgan fingerprint density at radius 3 is 2.50 bits per heavy atom. The second kappa shape index (κ2) is 8.12. The van der Waals surface area contributed by atoms with Gasteiger partial charge >= 0.3 is 0 Å². The molecule has 1 unspecified atom stereocenters. The van der Waals surface area contributed by atoms with E-state index in [1.165, 1.54) is 13.0 Å². The summed E-state index contributed by atoms with van der Waals surface area (Å²) < 4.78 is 4.94. The molecule has 1 aromatic rings. The molecule has 0 heterocycles.